The third-order valence-electron chi connectivity index (χ3n) is 1.94. The van der Waals surface area contributed by atoms with Crippen LogP contribution in [0.5, 0.6) is 0 Å². The number of hydrogen-bond donors (Lipinski definition) is 0. The van der Waals surface area contributed by atoms with Crippen LogP contribution in [-0.2, 0) is 6.42 Å². The lowest BCUT2D eigenvalue weighted by atomic mass is 10.1. The lowest BCUT2D eigenvalue weighted by molar-refractivity contribution is 0.916. The first kappa shape index (κ1) is 10.4. The summed E-state index contributed by atoms with van der Waals surface area (Å²) in [4.78, 5) is 1.30. The first-order valence-electron chi connectivity index (χ1n) is 4.51. The first-order valence-corrected chi connectivity index (χ1v) is 5.73. The molecule has 0 bridgehead atoms. The lowest BCUT2D eigenvalue weighted by Crippen LogP contribution is -1.86. The molecule has 1 heteroatoms. The third kappa shape index (κ3) is 2.92. The Balaban J connectivity index is 2.99. The maximum Gasteiger partial charge on any atom is 0.00780 e. The minimum absolute atomic E-state index is 1.11. The molecule has 0 nitrogen and oxygen atoms in total. The molecule has 0 aliphatic heterocycles. The summed E-state index contributed by atoms with van der Waals surface area (Å²) in [5, 5.41) is 0. The maximum absolute atomic E-state index is 3.67. The Kier molecular flexibility index (Phi) is 4.10. The monoisotopic (exact) mass is 191 g/mol. The van der Waals surface area contributed by atoms with Crippen molar-refractivity contribution in [3.05, 3.63) is 42.0 Å². The van der Waals surface area contributed by atoms with Gasteiger partial charge in [0.25, 0.3) is 0 Å². The van der Waals surface area contributed by atoms with Crippen LogP contribution in [0.15, 0.2) is 29.7 Å². The second-order valence-electron chi connectivity index (χ2n) is 3.00. The summed E-state index contributed by atoms with van der Waals surface area (Å²) in [5.74, 6) is 0. The van der Waals surface area contributed by atoms with E-state index in [1.165, 1.54) is 16.9 Å². The van der Waals surface area contributed by atoms with Gasteiger partial charge in [0.05, 0.1) is 0 Å². The van der Waals surface area contributed by atoms with Crippen molar-refractivity contribution in [2.24, 2.45) is 0 Å². The molecular weight excluding hydrogens is 176 g/mol. The highest BCUT2D eigenvalue weighted by Crippen LogP contribution is 2.19. The Morgan fingerprint density at radius 3 is 2.69 bits per heavy atom. The van der Waals surface area contributed by atoms with Crippen LogP contribution in [0.3, 0.4) is 0 Å². The van der Waals surface area contributed by atoms with Crippen molar-refractivity contribution >= 4 is 11.8 Å². The Hall–Kier alpha value is -0.690. The Morgan fingerprint density at radius 1 is 1.38 bits per heavy atom. The predicted molar refractivity (Wildman–Crippen MR) is 60.2 cm³/mol. The topological polar surface area (TPSA) is 0 Å². The summed E-state index contributed by atoms with van der Waals surface area (Å²) >= 11 is 1.77. The molecule has 1 radical (unpaired) electrons. The molecule has 0 saturated heterocycles. The van der Waals surface area contributed by atoms with Gasteiger partial charge in [0, 0.05) is 4.90 Å². The quantitative estimate of drug-likeness (QED) is 0.654. The Labute approximate surface area is 85.1 Å². The summed E-state index contributed by atoms with van der Waals surface area (Å²) in [6.07, 6.45) is 7.36. The van der Waals surface area contributed by atoms with Gasteiger partial charge in [0.1, 0.15) is 0 Å². The SMILES string of the molecule is C=[C]c1cc(CCC)cc(SC)c1. The van der Waals surface area contributed by atoms with E-state index in [1.54, 1.807) is 11.8 Å². The van der Waals surface area contributed by atoms with E-state index in [9.17, 15) is 0 Å². The van der Waals surface area contributed by atoms with Crippen LogP contribution in [0, 0.1) is 6.08 Å². The zero-order valence-corrected chi connectivity index (χ0v) is 9.08. The molecule has 0 aromatic heterocycles. The molecule has 1 rings (SSSR count). The highest BCUT2D eigenvalue weighted by molar-refractivity contribution is 7.98. The van der Waals surface area contributed by atoms with E-state index in [2.05, 4.69) is 44.0 Å². The van der Waals surface area contributed by atoms with Crippen LogP contribution in [0.1, 0.15) is 24.5 Å². The number of thioether (sulfide) groups is 1. The Morgan fingerprint density at radius 2 is 2.15 bits per heavy atom. The molecule has 0 atom stereocenters. The van der Waals surface area contributed by atoms with Crippen molar-refractivity contribution in [3.63, 3.8) is 0 Å². The fourth-order valence-corrected chi connectivity index (χ4v) is 1.83. The van der Waals surface area contributed by atoms with Crippen molar-refractivity contribution in [3.8, 4) is 0 Å². The number of hydrogen-bond acceptors (Lipinski definition) is 1. The minimum atomic E-state index is 1.11. The average molecular weight is 191 g/mol. The number of aryl methyl sites for hydroxylation is 1. The largest absolute Gasteiger partial charge is 0.130 e. The van der Waals surface area contributed by atoms with Gasteiger partial charge in [-0.05, 0) is 42.0 Å². The first-order chi connectivity index (χ1) is 6.30. The molecule has 0 fully saturated rings. The van der Waals surface area contributed by atoms with Gasteiger partial charge in [-0.1, -0.05) is 26.0 Å². The molecule has 0 unspecified atom stereocenters. The van der Waals surface area contributed by atoms with Crippen molar-refractivity contribution in [1.82, 2.24) is 0 Å². The predicted octanol–water partition coefficient (Wildman–Crippen LogP) is 3.70. The molecule has 0 aliphatic rings. The van der Waals surface area contributed by atoms with Crippen LogP contribution >= 0.6 is 11.8 Å². The fraction of sp³-hybridized carbons (Fsp3) is 0.333. The van der Waals surface area contributed by atoms with Gasteiger partial charge in [-0.2, -0.15) is 0 Å². The molecule has 1 aromatic rings. The second-order valence-corrected chi connectivity index (χ2v) is 3.88. The zero-order chi connectivity index (χ0) is 9.68. The number of benzene rings is 1. The summed E-state index contributed by atoms with van der Waals surface area (Å²) in [6.45, 7) is 5.87. The van der Waals surface area contributed by atoms with Crippen LogP contribution in [0.2, 0.25) is 0 Å². The van der Waals surface area contributed by atoms with Crippen LogP contribution in [0.4, 0.5) is 0 Å². The lowest BCUT2D eigenvalue weighted by Gasteiger charge is -2.04. The molecule has 0 saturated carbocycles. The van der Waals surface area contributed by atoms with Crippen molar-refractivity contribution in [2.75, 3.05) is 6.26 Å². The van der Waals surface area contributed by atoms with Gasteiger partial charge in [0.2, 0.25) is 0 Å². The van der Waals surface area contributed by atoms with Crippen LogP contribution in [0.25, 0.3) is 0 Å². The molecule has 69 valence electrons. The third-order valence-corrected chi connectivity index (χ3v) is 2.65. The molecule has 1 aromatic carbocycles. The molecular formula is C12H15S. The molecule has 0 amide bonds. The molecule has 0 aliphatic carbocycles. The van der Waals surface area contributed by atoms with Gasteiger partial charge in [0.15, 0.2) is 0 Å². The summed E-state index contributed by atoms with van der Waals surface area (Å²) in [6, 6.07) is 6.53. The molecule has 0 N–H and O–H groups in total. The van der Waals surface area contributed by atoms with E-state index in [0.29, 0.717) is 0 Å². The second kappa shape index (κ2) is 5.13. The van der Waals surface area contributed by atoms with Crippen molar-refractivity contribution in [2.45, 2.75) is 24.7 Å². The van der Waals surface area contributed by atoms with Crippen molar-refractivity contribution in [1.29, 1.82) is 0 Å². The fourth-order valence-electron chi connectivity index (χ4n) is 1.31. The highest BCUT2D eigenvalue weighted by Gasteiger charge is 1.97. The van der Waals surface area contributed by atoms with Gasteiger partial charge < -0.3 is 0 Å². The van der Waals surface area contributed by atoms with Crippen LogP contribution < -0.4 is 0 Å². The maximum atomic E-state index is 3.67. The highest BCUT2D eigenvalue weighted by atomic mass is 32.2. The molecule has 0 spiro atoms. The average Bonchev–Trinajstić information content (AvgIpc) is 2.17. The van der Waals surface area contributed by atoms with E-state index < -0.39 is 0 Å². The summed E-state index contributed by atoms with van der Waals surface area (Å²) in [7, 11) is 0. The number of rotatable bonds is 4. The zero-order valence-electron chi connectivity index (χ0n) is 8.26. The van der Waals surface area contributed by atoms with Crippen LogP contribution in [-0.4, -0.2) is 6.26 Å². The summed E-state index contributed by atoms with van der Waals surface area (Å²) in [5.41, 5.74) is 2.50. The van der Waals surface area contributed by atoms with Gasteiger partial charge >= 0.3 is 0 Å². The van der Waals surface area contributed by atoms with E-state index >= 15 is 0 Å². The molecule has 13 heavy (non-hydrogen) atoms. The summed E-state index contributed by atoms with van der Waals surface area (Å²) < 4.78 is 0. The Bertz CT molecular complexity index is 289. The van der Waals surface area contributed by atoms with Gasteiger partial charge in [-0.3, -0.25) is 0 Å². The van der Waals surface area contributed by atoms with E-state index in [1.807, 2.05) is 0 Å². The minimum Gasteiger partial charge on any atom is -0.130 e. The standard InChI is InChI=1S/C12H15S/c1-4-6-11-7-10(5-2)8-12(9-11)13-3/h7-9H,2,4,6H2,1,3H3. The van der Waals surface area contributed by atoms with Gasteiger partial charge in [-0.25, -0.2) is 0 Å². The smallest absolute Gasteiger partial charge is 0.00780 e. The van der Waals surface area contributed by atoms with Gasteiger partial charge in [-0.15, -0.1) is 11.8 Å². The molecule has 0 heterocycles. The van der Waals surface area contributed by atoms with E-state index in [4.69, 9.17) is 0 Å². The van der Waals surface area contributed by atoms with E-state index in [-0.39, 0.29) is 0 Å². The normalized spacial score (nSPS) is 10.0. The van der Waals surface area contributed by atoms with E-state index in [0.717, 1.165) is 12.0 Å². The van der Waals surface area contributed by atoms with Crippen molar-refractivity contribution < 1.29 is 0 Å².